The van der Waals surface area contributed by atoms with E-state index >= 15 is 0 Å². The minimum atomic E-state index is -0.249. The highest BCUT2D eigenvalue weighted by atomic mass is 32.1. The Balaban J connectivity index is 1.69. The third kappa shape index (κ3) is 3.79. The SMILES string of the molecule is CCOc1cccc2sc(-n3nc(C)cc3NC(=O)c3cccc(OC)c3)nc12. The summed E-state index contributed by atoms with van der Waals surface area (Å²) < 4.78 is 13.5. The zero-order valence-corrected chi connectivity index (χ0v) is 17.1. The predicted molar refractivity (Wildman–Crippen MR) is 114 cm³/mol. The summed E-state index contributed by atoms with van der Waals surface area (Å²) in [4.78, 5) is 17.4. The first-order chi connectivity index (χ1) is 14.1. The Bertz CT molecular complexity index is 1180. The number of anilines is 1. The molecular weight excluding hydrogens is 388 g/mol. The number of hydrogen-bond donors (Lipinski definition) is 1. The van der Waals surface area contributed by atoms with Crippen molar-refractivity contribution in [3.8, 4) is 16.6 Å². The van der Waals surface area contributed by atoms with E-state index in [1.807, 2.05) is 38.1 Å². The zero-order chi connectivity index (χ0) is 20.4. The number of methoxy groups -OCH3 is 1. The van der Waals surface area contributed by atoms with Crippen molar-refractivity contribution in [1.82, 2.24) is 14.8 Å². The van der Waals surface area contributed by atoms with Gasteiger partial charge in [-0.15, -0.1) is 0 Å². The van der Waals surface area contributed by atoms with E-state index in [4.69, 9.17) is 14.5 Å². The van der Waals surface area contributed by atoms with Crippen LogP contribution in [0.15, 0.2) is 48.5 Å². The number of para-hydroxylation sites is 1. The van der Waals surface area contributed by atoms with E-state index in [0.29, 0.717) is 28.9 Å². The van der Waals surface area contributed by atoms with Crippen molar-refractivity contribution >= 4 is 33.3 Å². The highest BCUT2D eigenvalue weighted by Gasteiger charge is 2.17. The Kier molecular flexibility index (Phi) is 5.18. The van der Waals surface area contributed by atoms with Crippen LogP contribution >= 0.6 is 11.3 Å². The van der Waals surface area contributed by atoms with E-state index in [9.17, 15) is 4.79 Å². The van der Waals surface area contributed by atoms with Crippen LogP contribution in [0.1, 0.15) is 23.0 Å². The lowest BCUT2D eigenvalue weighted by atomic mass is 10.2. The van der Waals surface area contributed by atoms with Crippen molar-refractivity contribution in [2.75, 3.05) is 19.0 Å². The van der Waals surface area contributed by atoms with Crippen LogP contribution in [-0.4, -0.2) is 34.4 Å². The Morgan fingerprint density at radius 3 is 2.83 bits per heavy atom. The number of benzene rings is 2. The molecule has 0 aliphatic carbocycles. The van der Waals surface area contributed by atoms with Crippen molar-refractivity contribution in [2.45, 2.75) is 13.8 Å². The second kappa shape index (κ2) is 7.92. The number of aromatic nitrogens is 3. The van der Waals surface area contributed by atoms with Gasteiger partial charge in [0.05, 0.1) is 24.1 Å². The molecule has 4 aromatic rings. The molecule has 29 heavy (non-hydrogen) atoms. The Hall–Kier alpha value is -3.39. The Morgan fingerprint density at radius 2 is 2.03 bits per heavy atom. The highest BCUT2D eigenvalue weighted by molar-refractivity contribution is 7.20. The molecule has 0 radical (unpaired) electrons. The number of carbonyl (C=O) groups is 1. The lowest BCUT2D eigenvalue weighted by Crippen LogP contribution is -2.15. The number of nitrogens with zero attached hydrogens (tertiary/aromatic N) is 3. The fourth-order valence-corrected chi connectivity index (χ4v) is 3.91. The Labute approximate surface area is 171 Å². The molecule has 0 fully saturated rings. The average molecular weight is 408 g/mol. The zero-order valence-electron chi connectivity index (χ0n) is 16.3. The minimum absolute atomic E-state index is 0.249. The number of ether oxygens (including phenoxy) is 2. The van der Waals surface area contributed by atoms with Gasteiger partial charge in [-0.1, -0.05) is 23.5 Å². The molecular formula is C21H20N4O3S. The second-order valence-electron chi connectivity index (χ2n) is 6.30. The first-order valence-corrected chi connectivity index (χ1v) is 9.95. The molecule has 1 amide bonds. The van der Waals surface area contributed by atoms with Crippen molar-refractivity contribution in [3.63, 3.8) is 0 Å². The van der Waals surface area contributed by atoms with Crippen LogP contribution in [0, 0.1) is 6.92 Å². The average Bonchev–Trinajstić information content (AvgIpc) is 3.32. The quantitative estimate of drug-likeness (QED) is 0.510. The van der Waals surface area contributed by atoms with Gasteiger partial charge in [-0.25, -0.2) is 4.98 Å². The number of rotatable bonds is 6. The van der Waals surface area contributed by atoms with Gasteiger partial charge in [0.15, 0.2) is 0 Å². The summed E-state index contributed by atoms with van der Waals surface area (Å²) in [6, 6.07) is 14.6. The maximum Gasteiger partial charge on any atom is 0.256 e. The molecule has 0 aliphatic rings. The van der Waals surface area contributed by atoms with Crippen LogP contribution in [0.4, 0.5) is 5.82 Å². The van der Waals surface area contributed by atoms with Gasteiger partial charge in [0.1, 0.15) is 22.8 Å². The maximum atomic E-state index is 12.7. The van der Waals surface area contributed by atoms with Crippen molar-refractivity contribution in [2.24, 2.45) is 0 Å². The molecule has 148 valence electrons. The number of aryl methyl sites for hydroxylation is 1. The first kappa shape index (κ1) is 18.9. The third-order valence-electron chi connectivity index (χ3n) is 4.26. The molecule has 0 bridgehead atoms. The van der Waals surface area contributed by atoms with Gasteiger partial charge >= 0.3 is 0 Å². The van der Waals surface area contributed by atoms with E-state index in [1.165, 1.54) is 11.3 Å². The normalized spacial score (nSPS) is 10.9. The van der Waals surface area contributed by atoms with Gasteiger partial charge < -0.3 is 14.8 Å². The number of amides is 1. The fourth-order valence-electron chi connectivity index (χ4n) is 2.96. The number of nitrogens with one attached hydrogen (secondary N) is 1. The summed E-state index contributed by atoms with van der Waals surface area (Å²) >= 11 is 1.48. The third-order valence-corrected chi connectivity index (χ3v) is 5.25. The monoisotopic (exact) mass is 408 g/mol. The number of thiazole rings is 1. The molecule has 0 unspecified atom stereocenters. The summed E-state index contributed by atoms with van der Waals surface area (Å²) in [5.41, 5.74) is 2.06. The molecule has 7 nitrogen and oxygen atoms in total. The minimum Gasteiger partial charge on any atom is -0.497 e. The molecule has 2 aromatic carbocycles. The lowest BCUT2D eigenvalue weighted by Gasteiger charge is -2.07. The molecule has 2 heterocycles. The van der Waals surface area contributed by atoms with E-state index < -0.39 is 0 Å². The van der Waals surface area contributed by atoms with Gasteiger partial charge in [-0.05, 0) is 44.2 Å². The van der Waals surface area contributed by atoms with Gasteiger partial charge in [0.2, 0.25) is 5.13 Å². The number of hydrogen-bond acceptors (Lipinski definition) is 6. The summed E-state index contributed by atoms with van der Waals surface area (Å²) in [5, 5.41) is 8.09. The molecule has 4 rings (SSSR count). The smallest absolute Gasteiger partial charge is 0.256 e. The van der Waals surface area contributed by atoms with Gasteiger partial charge in [-0.3, -0.25) is 4.79 Å². The molecule has 1 N–H and O–H groups in total. The summed E-state index contributed by atoms with van der Waals surface area (Å²) in [6.07, 6.45) is 0. The van der Waals surface area contributed by atoms with Crippen molar-refractivity contribution in [1.29, 1.82) is 0 Å². The summed E-state index contributed by atoms with van der Waals surface area (Å²) in [6.45, 7) is 4.38. The maximum absolute atomic E-state index is 12.7. The first-order valence-electron chi connectivity index (χ1n) is 9.14. The molecule has 8 heteroatoms. The summed E-state index contributed by atoms with van der Waals surface area (Å²) in [7, 11) is 1.57. The number of carbonyl (C=O) groups excluding carboxylic acids is 1. The lowest BCUT2D eigenvalue weighted by molar-refractivity contribution is 0.102. The van der Waals surface area contributed by atoms with Crippen molar-refractivity contribution in [3.05, 3.63) is 59.8 Å². The summed E-state index contributed by atoms with van der Waals surface area (Å²) in [5.74, 6) is 1.66. The van der Waals surface area contributed by atoms with Gasteiger partial charge in [-0.2, -0.15) is 9.78 Å². The molecule has 2 aromatic heterocycles. The molecule has 0 saturated carbocycles. The van der Waals surface area contributed by atoms with E-state index in [2.05, 4.69) is 10.4 Å². The van der Waals surface area contributed by atoms with Crippen LogP contribution in [0.3, 0.4) is 0 Å². The van der Waals surface area contributed by atoms with E-state index in [1.54, 1.807) is 36.1 Å². The van der Waals surface area contributed by atoms with Crippen LogP contribution in [0.5, 0.6) is 11.5 Å². The standard InChI is InChI=1S/C21H20N4O3S/c1-4-28-16-9-6-10-17-19(16)23-21(29-17)25-18(11-13(2)24-25)22-20(26)14-7-5-8-15(12-14)27-3/h5-12H,4H2,1-3H3,(H,22,26). The largest absolute Gasteiger partial charge is 0.497 e. The fraction of sp³-hybridized carbons (Fsp3) is 0.190. The Morgan fingerprint density at radius 1 is 1.21 bits per heavy atom. The predicted octanol–water partition coefficient (Wildman–Crippen LogP) is 4.45. The van der Waals surface area contributed by atoms with Gasteiger partial charge in [0.25, 0.3) is 5.91 Å². The van der Waals surface area contributed by atoms with E-state index in [-0.39, 0.29) is 5.91 Å². The van der Waals surface area contributed by atoms with Crippen molar-refractivity contribution < 1.29 is 14.3 Å². The molecule has 0 aliphatic heterocycles. The van der Waals surface area contributed by atoms with Crippen LogP contribution in [-0.2, 0) is 0 Å². The van der Waals surface area contributed by atoms with Crippen LogP contribution < -0.4 is 14.8 Å². The van der Waals surface area contributed by atoms with Crippen LogP contribution in [0.25, 0.3) is 15.3 Å². The van der Waals surface area contributed by atoms with Crippen LogP contribution in [0.2, 0.25) is 0 Å². The molecule has 0 atom stereocenters. The van der Waals surface area contributed by atoms with Gasteiger partial charge in [0, 0.05) is 11.6 Å². The second-order valence-corrected chi connectivity index (χ2v) is 7.31. The molecule has 0 spiro atoms. The number of fused-ring (bicyclic) bond motifs is 1. The topological polar surface area (TPSA) is 78.3 Å². The highest BCUT2D eigenvalue weighted by Crippen LogP contribution is 2.32. The van der Waals surface area contributed by atoms with E-state index in [0.717, 1.165) is 21.7 Å². The molecule has 0 saturated heterocycles.